The molecular formula is C14H14O7. The molecule has 1 heterocycles. The molecular weight excluding hydrogens is 280 g/mol. The third kappa shape index (κ3) is 3.31. The van der Waals surface area contributed by atoms with E-state index in [4.69, 9.17) is 14.2 Å². The third-order valence-electron chi connectivity index (χ3n) is 2.74. The second-order valence-electron chi connectivity index (χ2n) is 4.20. The van der Waals surface area contributed by atoms with Crippen molar-refractivity contribution in [2.24, 2.45) is 0 Å². The molecule has 2 unspecified atom stereocenters. The highest BCUT2D eigenvalue weighted by Crippen LogP contribution is 2.31. The van der Waals surface area contributed by atoms with Crippen LogP contribution in [0.5, 0.6) is 0 Å². The Balaban J connectivity index is 1.98. The van der Waals surface area contributed by atoms with E-state index in [0.29, 0.717) is 11.1 Å². The van der Waals surface area contributed by atoms with Gasteiger partial charge in [-0.15, -0.1) is 0 Å². The number of esters is 2. The average molecular weight is 294 g/mol. The van der Waals surface area contributed by atoms with Crippen molar-refractivity contribution in [2.75, 3.05) is 6.61 Å². The normalized spacial score (nSPS) is 17.4. The number of fused-ring (bicyclic) bond motifs is 1. The fourth-order valence-electron chi connectivity index (χ4n) is 1.75. The summed E-state index contributed by atoms with van der Waals surface area (Å²) in [5.41, 5.74) is 0.799. The van der Waals surface area contributed by atoms with Crippen molar-refractivity contribution in [3.05, 3.63) is 35.4 Å². The summed E-state index contributed by atoms with van der Waals surface area (Å²) in [7, 11) is 0. The summed E-state index contributed by atoms with van der Waals surface area (Å²) < 4.78 is 19.2. The van der Waals surface area contributed by atoms with Crippen LogP contribution in [0.3, 0.4) is 0 Å². The van der Waals surface area contributed by atoms with Gasteiger partial charge in [-0.3, -0.25) is 0 Å². The van der Waals surface area contributed by atoms with Gasteiger partial charge in [-0.1, -0.05) is 18.2 Å². The molecule has 0 saturated carbocycles. The molecule has 112 valence electrons. The number of hydrogen-bond donors (Lipinski definition) is 0. The van der Waals surface area contributed by atoms with Gasteiger partial charge in [0.2, 0.25) is 0 Å². The fraction of sp³-hybridized carbons (Fsp3) is 0.357. The van der Waals surface area contributed by atoms with Crippen LogP contribution in [0, 0.1) is 0 Å². The lowest BCUT2D eigenvalue weighted by molar-refractivity contribution is -0.177. The Hall–Kier alpha value is -2.57. The molecule has 2 rings (SSSR count). The Labute approximate surface area is 120 Å². The summed E-state index contributed by atoms with van der Waals surface area (Å²) >= 11 is 0. The number of ether oxygens (including phenoxy) is 4. The van der Waals surface area contributed by atoms with Gasteiger partial charge in [0.25, 0.3) is 6.29 Å². The van der Waals surface area contributed by atoms with E-state index in [-0.39, 0.29) is 6.61 Å². The minimum absolute atomic E-state index is 0.133. The maximum Gasteiger partial charge on any atom is 0.509 e. The predicted octanol–water partition coefficient (Wildman–Crippen LogP) is 1.96. The van der Waals surface area contributed by atoms with E-state index in [0.717, 1.165) is 0 Å². The van der Waals surface area contributed by atoms with Crippen molar-refractivity contribution < 1.29 is 33.3 Å². The molecule has 7 nitrogen and oxygen atoms in total. The van der Waals surface area contributed by atoms with Crippen LogP contribution in [-0.4, -0.2) is 30.8 Å². The molecule has 1 aromatic carbocycles. The highest BCUT2D eigenvalue weighted by molar-refractivity contribution is 5.94. The molecule has 0 saturated heterocycles. The Bertz CT molecular complexity index is 566. The van der Waals surface area contributed by atoms with Gasteiger partial charge in [-0.05, 0) is 19.9 Å². The molecule has 0 N–H and O–H groups in total. The fourth-order valence-corrected chi connectivity index (χ4v) is 1.75. The van der Waals surface area contributed by atoms with Crippen LogP contribution >= 0.6 is 0 Å². The summed E-state index contributed by atoms with van der Waals surface area (Å²) in [6.45, 7) is 3.08. The van der Waals surface area contributed by atoms with Gasteiger partial charge in [0.15, 0.2) is 6.10 Å². The van der Waals surface area contributed by atoms with E-state index in [2.05, 4.69) is 4.74 Å². The highest BCUT2D eigenvalue weighted by atomic mass is 16.8. The lowest BCUT2D eigenvalue weighted by Gasteiger charge is -2.16. The Morgan fingerprint density at radius 3 is 2.76 bits per heavy atom. The zero-order chi connectivity index (χ0) is 15.4. The quantitative estimate of drug-likeness (QED) is 0.784. The van der Waals surface area contributed by atoms with Gasteiger partial charge >= 0.3 is 18.1 Å². The van der Waals surface area contributed by atoms with Crippen LogP contribution in [0.1, 0.15) is 36.1 Å². The van der Waals surface area contributed by atoms with Gasteiger partial charge in [-0.25, -0.2) is 14.4 Å². The Morgan fingerprint density at radius 1 is 1.33 bits per heavy atom. The first-order valence-electron chi connectivity index (χ1n) is 6.36. The van der Waals surface area contributed by atoms with E-state index in [1.165, 1.54) is 6.92 Å². The van der Waals surface area contributed by atoms with Crippen LogP contribution in [0.15, 0.2) is 24.3 Å². The first-order chi connectivity index (χ1) is 10.0. The van der Waals surface area contributed by atoms with Crippen LogP contribution < -0.4 is 0 Å². The van der Waals surface area contributed by atoms with Crippen LogP contribution in [0.4, 0.5) is 4.79 Å². The summed E-state index contributed by atoms with van der Waals surface area (Å²) in [4.78, 5) is 34.5. The minimum Gasteiger partial charge on any atom is -0.435 e. The number of carbonyl (C=O) groups excluding carboxylic acids is 3. The lowest BCUT2D eigenvalue weighted by atomic mass is 10.1. The second kappa shape index (κ2) is 6.25. The average Bonchev–Trinajstić information content (AvgIpc) is 2.76. The Kier molecular flexibility index (Phi) is 4.42. The van der Waals surface area contributed by atoms with E-state index < -0.39 is 30.5 Å². The van der Waals surface area contributed by atoms with E-state index in [1.807, 2.05) is 0 Å². The van der Waals surface area contributed by atoms with Crippen LogP contribution in [0.2, 0.25) is 0 Å². The molecule has 1 aromatic rings. The van der Waals surface area contributed by atoms with Crippen molar-refractivity contribution >= 4 is 18.1 Å². The van der Waals surface area contributed by atoms with Crippen molar-refractivity contribution in [3.63, 3.8) is 0 Å². The first-order valence-corrected chi connectivity index (χ1v) is 6.36. The van der Waals surface area contributed by atoms with E-state index in [9.17, 15) is 14.4 Å². The van der Waals surface area contributed by atoms with Gasteiger partial charge in [0.1, 0.15) is 0 Å². The minimum atomic E-state index is -1.17. The molecule has 0 radical (unpaired) electrons. The second-order valence-corrected chi connectivity index (χ2v) is 4.20. The van der Waals surface area contributed by atoms with E-state index in [1.54, 1.807) is 31.2 Å². The van der Waals surface area contributed by atoms with Crippen molar-refractivity contribution in [3.8, 4) is 0 Å². The molecule has 0 bridgehead atoms. The maximum atomic E-state index is 11.8. The summed E-state index contributed by atoms with van der Waals surface area (Å²) in [6, 6.07) is 6.57. The van der Waals surface area contributed by atoms with Gasteiger partial charge in [-0.2, -0.15) is 0 Å². The zero-order valence-corrected chi connectivity index (χ0v) is 11.5. The molecule has 0 spiro atoms. The first kappa shape index (κ1) is 14.8. The molecule has 0 aromatic heterocycles. The lowest BCUT2D eigenvalue weighted by Crippen LogP contribution is -2.28. The summed E-state index contributed by atoms with van der Waals surface area (Å²) in [5.74, 6) is -1.40. The monoisotopic (exact) mass is 294 g/mol. The van der Waals surface area contributed by atoms with Gasteiger partial charge < -0.3 is 18.9 Å². The van der Waals surface area contributed by atoms with Crippen molar-refractivity contribution in [2.45, 2.75) is 26.2 Å². The largest absolute Gasteiger partial charge is 0.509 e. The smallest absolute Gasteiger partial charge is 0.435 e. The number of cyclic esters (lactones) is 1. The molecule has 0 amide bonds. The molecule has 1 aliphatic heterocycles. The van der Waals surface area contributed by atoms with Crippen LogP contribution in [0.25, 0.3) is 0 Å². The van der Waals surface area contributed by atoms with Crippen molar-refractivity contribution in [1.29, 1.82) is 0 Å². The Morgan fingerprint density at radius 2 is 2.05 bits per heavy atom. The van der Waals surface area contributed by atoms with E-state index >= 15 is 0 Å². The number of carbonyl (C=O) groups is 3. The zero-order valence-electron chi connectivity index (χ0n) is 11.5. The maximum absolute atomic E-state index is 11.8. The van der Waals surface area contributed by atoms with Crippen molar-refractivity contribution in [1.82, 2.24) is 0 Å². The molecule has 0 fully saturated rings. The molecule has 7 heteroatoms. The topological polar surface area (TPSA) is 88.1 Å². The number of hydrogen-bond acceptors (Lipinski definition) is 7. The van der Waals surface area contributed by atoms with Gasteiger partial charge in [0, 0.05) is 5.56 Å². The standard InChI is InChI=1S/C14H14O7/c1-3-18-14(17)19-8(2)11(15)20-13-10-7-5-4-6-9(10)12(16)21-13/h4-8,13H,3H2,1-2H3. The summed E-state index contributed by atoms with van der Waals surface area (Å²) in [5, 5.41) is 0. The molecule has 2 atom stereocenters. The molecule has 1 aliphatic rings. The summed E-state index contributed by atoms with van der Waals surface area (Å²) in [6.07, 6.45) is -3.27. The number of benzene rings is 1. The van der Waals surface area contributed by atoms with Gasteiger partial charge in [0.05, 0.1) is 12.2 Å². The molecule has 0 aliphatic carbocycles. The number of rotatable bonds is 4. The predicted molar refractivity (Wildman–Crippen MR) is 68.3 cm³/mol. The SMILES string of the molecule is CCOC(=O)OC(C)C(=O)OC1OC(=O)c2ccccc21. The third-order valence-corrected chi connectivity index (χ3v) is 2.74. The molecule has 21 heavy (non-hydrogen) atoms. The van der Waals surface area contributed by atoms with Crippen LogP contribution in [-0.2, 0) is 23.7 Å². The highest BCUT2D eigenvalue weighted by Gasteiger charge is 2.35.